The molecule has 7 nitrogen and oxygen atoms in total. The molecule has 1 N–H and O–H groups in total. The second-order valence-corrected chi connectivity index (χ2v) is 8.72. The number of anilines is 1. The zero-order valence-electron chi connectivity index (χ0n) is 20.8. The number of allylic oxidation sites excluding steroid dienone is 3. The summed E-state index contributed by atoms with van der Waals surface area (Å²) in [6.45, 7) is 10.6. The molecule has 2 heterocycles. The van der Waals surface area contributed by atoms with Gasteiger partial charge in [-0.15, -0.1) is 6.42 Å². The Kier molecular flexibility index (Phi) is 9.33. The van der Waals surface area contributed by atoms with E-state index >= 15 is 0 Å². The Balaban J connectivity index is 1.85. The average molecular weight is 472 g/mol. The van der Waals surface area contributed by atoms with Crippen molar-refractivity contribution in [2.45, 2.75) is 39.5 Å². The molecule has 1 aromatic carbocycles. The van der Waals surface area contributed by atoms with Crippen LogP contribution in [0.3, 0.4) is 0 Å². The van der Waals surface area contributed by atoms with E-state index in [0.717, 1.165) is 30.8 Å². The van der Waals surface area contributed by atoms with Crippen LogP contribution in [0.25, 0.3) is 10.9 Å². The van der Waals surface area contributed by atoms with Gasteiger partial charge in [-0.1, -0.05) is 30.6 Å². The Bertz CT molecular complexity index is 1210. The van der Waals surface area contributed by atoms with E-state index in [1.807, 2.05) is 26.0 Å². The molecule has 0 saturated carbocycles. The number of carbonyl (C=O) groups excluding carboxylic acids is 1. The number of nitrogens with zero attached hydrogens (tertiary/aromatic N) is 4. The van der Waals surface area contributed by atoms with Crippen molar-refractivity contribution in [3.05, 3.63) is 54.4 Å². The number of ether oxygens (including phenoxy) is 1. The molecule has 1 amide bonds. The number of piperidine rings is 1. The molecule has 182 valence electrons. The van der Waals surface area contributed by atoms with E-state index in [4.69, 9.17) is 11.2 Å². The predicted octanol–water partition coefficient (Wildman–Crippen LogP) is 5.24. The number of nitrogens with one attached hydrogen (secondary N) is 1. The summed E-state index contributed by atoms with van der Waals surface area (Å²) in [5.41, 5.74) is 3.67. The molecule has 1 fully saturated rings. The van der Waals surface area contributed by atoms with Crippen molar-refractivity contribution < 1.29 is 9.53 Å². The van der Waals surface area contributed by atoms with Crippen LogP contribution in [0.15, 0.2) is 59.4 Å². The maximum absolute atomic E-state index is 12.6. The minimum atomic E-state index is -0.223. The summed E-state index contributed by atoms with van der Waals surface area (Å²) in [7, 11) is 1.56. The molecule has 35 heavy (non-hydrogen) atoms. The van der Waals surface area contributed by atoms with Crippen LogP contribution in [-0.2, 0) is 4.79 Å². The Morgan fingerprint density at radius 2 is 2.06 bits per heavy atom. The number of rotatable bonds is 9. The smallest absolute Gasteiger partial charge is 0.248 e. The number of likely N-dealkylation sites (tertiary alicyclic amines) is 1. The van der Waals surface area contributed by atoms with Crippen LogP contribution in [0.5, 0.6) is 5.75 Å². The number of benzene rings is 1. The Morgan fingerprint density at radius 1 is 1.29 bits per heavy atom. The van der Waals surface area contributed by atoms with Gasteiger partial charge in [0.1, 0.15) is 12.1 Å². The monoisotopic (exact) mass is 471 g/mol. The third kappa shape index (κ3) is 7.62. The summed E-state index contributed by atoms with van der Waals surface area (Å²) in [6, 6.07) is 3.55. The van der Waals surface area contributed by atoms with Crippen molar-refractivity contribution >= 4 is 34.0 Å². The van der Waals surface area contributed by atoms with E-state index in [9.17, 15) is 4.79 Å². The number of amides is 1. The summed E-state index contributed by atoms with van der Waals surface area (Å²) < 4.78 is 5.50. The van der Waals surface area contributed by atoms with Crippen LogP contribution in [0, 0.1) is 12.3 Å². The number of aliphatic imine (C=N–C) groups is 1. The molecule has 1 saturated heterocycles. The molecule has 2 aromatic rings. The fourth-order valence-electron chi connectivity index (χ4n) is 3.97. The number of terminal acetylenes is 1. The molecule has 0 unspecified atom stereocenters. The van der Waals surface area contributed by atoms with Gasteiger partial charge in [0, 0.05) is 41.8 Å². The van der Waals surface area contributed by atoms with Gasteiger partial charge in [0.05, 0.1) is 18.3 Å². The van der Waals surface area contributed by atoms with Gasteiger partial charge in [0.25, 0.3) is 0 Å². The number of carbonyl (C=O) groups is 1. The normalized spacial score (nSPS) is 15.3. The van der Waals surface area contributed by atoms with Gasteiger partial charge < -0.3 is 10.1 Å². The van der Waals surface area contributed by atoms with E-state index in [1.165, 1.54) is 25.6 Å². The van der Waals surface area contributed by atoms with Gasteiger partial charge in [-0.3, -0.25) is 9.69 Å². The number of aromatic nitrogens is 2. The zero-order valence-corrected chi connectivity index (χ0v) is 20.8. The lowest BCUT2D eigenvalue weighted by Crippen LogP contribution is -2.29. The highest BCUT2D eigenvalue weighted by molar-refractivity contribution is 6.04. The van der Waals surface area contributed by atoms with Crippen LogP contribution >= 0.6 is 0 Å². The SMILES string of the molecule is C#C/C(=C/C(C)=Nc1ncnc2cc(OC)c(NC(=O)C=CCN3CCCCC3)cc12)CC(=C)C. The van der Waals surface area contributed by atoms with E-state index in [-0.39, 0.29) is 5.91 Å². The van der Waals surface area contributed by atoms with Crippen molar-refractivity contribution in [3.8, 4) is 18.1 Å². The molecule has 1 aliphatic heterocycles. The second kappa shape index (κ2) is 12.6. The highest BCUT2D eigenvalue weighted by atomic mass is 16.5. The molecule has 0 atom stereocenters. The van der Waals surface area contributed by atoms with Crippen molar-refractivity contribution in [1.82, 2.24) is 14.9 Å². The lowest BCUT2D eigenvalue weighted by molar-refractivity contribution is -0.111. The number of methoxy groups -OCH3 is 1. The lowest BCUT2D eigenvalue weighted by Gasteiger charge is -2.24. The van der Waals surface area contributed by atoms with Crippen LogP contribution in [0.4, 0.5) is 11.5 Å². The van der Waals surface area contributed by atoms with Crippen molar-refractivity contribution in [3.63, 3.8) is 0 Å². The summed E-state index contributed by atoms with van der Waals surface area (Å²) in [6.07, 6.45) is 16.7. The topological polar surface area (TPSA) is 79.7 Å². The fourth-order valence-corrected chi connectivity index (χ4v) is 3.97. The quantitative estimate of drug-likeness (QED) is 0.234. The summed E-state index contributed by atoms with van der Waals surface area (Å²) in [5, 5.41) is 3.60. The minimum absolute atomic E-state index is 0.223. The van der Waals surface area contributed by atoms with Gasteiger partial charge in [0.2, 0.25) is 5.91 Å². The number of hydrogen-bond donors (Lipinski definition) is 1. The molecule has 0 aliphatic carbocycles. The molecular formula is C28H33N5O2. The first kappa shape index (κ1) is 25.9. The molecule has 7 heteroatoms. The van der Waals surface area contributed by atoms with E-state index < -0.39 is 0 Å². The summed E-state index contributed by atoms with van der Waals surface area (Å²) in [4.78, 5) is 28.3. The first-order valence-electron chi connectivity index (χ1n) is 11.8. The van der Waals surface area contributed by atoms with E-state index in [1.54, 1.807) is 25.3 Å². The molecule has 0 radical (unpaired) electrons. The Labute approximate surface area is 207 Å². The molecule has 0 spiro atoms. The van der Waals surface area contributed by atoms with Gasteiger partial charge in [-0.05, 0) is 51.9 Å². The van der Waals surface area contributed by atoms with Crippen LogP contribution in [0.2, 0.25) is 0 Å². The molecule has 1 aliphatic rings. The zero-order chi connectivity index (χ0) is 25.2. The first-order valence-corrected chi connectivity index (χ1v) is 11.8. The van der Waals surface area contributed by atoms with E-state index in [0.29, 0.717) is 40.3 Å². The van der Waals surface area contributed by atoms with Crippen LogP contribution < -0.4 is 10.1 Å². The first-order chi connectivity index (χ1) is 16.9. The number of fused-ring (bicyclic) bond motifs is 1. The van der Waals surface area contributed by atoms with E-state index in [2.05, 4.69) is 37.7 Å². The van der Waals surface area contributed by atoms with Crippen LogP contribution in [0.1, 0.15) is 39.5 Å². The summed E-state index contributed by atoms with van der Waals surface area (Å²) in [5.74, 6) is 3.45. The van der Waals surface area contributed by atoms with Gasteiger partial charge in [-0.25, -0.2) is 15.0 Å². The highest BCUT2D eigenvalue weighted by Crippen LogP contribution is 2.33. The fraction of sp³-hybridized carbons (Fsp3) is 0.357. The highest BCUT2D eigenvalue weighted by Gasteiger charge is 2.13. The second-order valence-electron chi connectivity index (χ2n) is 8.72. The predicted molar refractivity (Wildman–Crippen MR) is 143 cm³/mol. The van der Waals surface area contributed by atoms with Gasteiger partial charge in [0.15, 0.2) is 5.82 Å². The minimum Gasteiger partial charge on any atom is -0.494 e. The Hall–Kier alpha value is -3.76. The molecule has 1 aromatic heterocycles. The Morgan fingerprint density at radius 3 is 2.74 bits per heavy atom. The van der Waals surface area contributed by atoms with Crippen molar-refractivity contribution in [2.24, 2.45) is 4.99 Å². The van der Waals surface area contributed by atoms with Crippen LogP contribution in [-0.4, -0.2) is 53.2 Å². The maximum atomic E-state index is 12.6. The third-order valence-corrected chi connectivity index (χ3v) is 5.62. The van der Waals surface area contributed by atoms with Gasteiger partial charge >= 0.3 is 0 Å². The third-order valence-electron chi connectivity index (χ3n) is 5.62. The largest absolute Gasteiger partial charge is 0.494 e. The lowest BCUT2D eigenvalue weighted by atomic mass is 10.1. The average Bonchev–Trinajstić information content (AvgIpc) is 2.84. The molecule has 3 rings (SSSR count). The van der Waals surface area contributed by atoms with Gasteiger partial charge in [-0.2, -0.15) is 0 Å². The number of hydrogen-bond acceptors (Lipinski definition) is 6. The standard InChI is InChI=1S/C28H33N5O2/c1-6-22(15-20(2)3)16-21(4)31-28-23-17-25(26(35-5)18-24(23)29-19-30-28)32-27(34)11-10-14-33-12-8-7-9-13-33/h1,10-11,16-19H,2,7-9,12-15H2,3-5H3,(H,32,34)/b11-10?,22-16-,31-21?. The molecule has 0 bridgehead atoms. The van der Waals surface area contributed by atoms with Crippen molar-refractivity contribution in [1.29, 1.82) is 0 Å². The maximum Gasteiger partial charge on any atom is 0.248 e. The summed E-state index contributed by atoms with van der Waals surface area (Å²) >= 11 is 0. The van der Waals surface area contributed by atoms with Crippen molar-refractivity contribution in [2.75, 3.05) is 32.1 Å². The molecular weight excluding hydrogens is 438 g/mol.